The van der Waals surface area contributed by atoms with Crippen molar-refractivity contribution in [1.29, 1.82) is 0 Å². The Balaban J connectivity index is 1.79. The van der Waals surface area contributed by atoms with E-state index in [2.05, 4.69) is 0 Å². The molecule has 0 spiro atoms. The second-order valence-electron chi connectivity index (χ2n) is 5.28. The van der Waals surface area contributed by atoms with Crippen LogP contribution in [-0.2, 0) is 20.8 Å². The van der Waals surface area contributed by atoms with E-state index >= 15 is 0 Å². The zero-order valence-corrected chi connectivity index (χ0v) is 13.3. The molecule has 1 heterocycles. The van der Waals surface area contributed by atoms with Gasteiger partial charge in [-0.2, -0.15) is 0 Å². The lowest BCUT2D eigenvalue weighted by molar-refractivity contribution is -0.135. The Bertz CT molecular complexity index is 815. The minimum absolute atomic E-state index is 0.493. The molecule has 1 saturated heterocycles. The van der Waals surface area contributed by atoms with Gasteiger partial charge in [0.15, 0.2) is 0 Å². The van der Waals surface area contributed by atoms with E-state index in [1.807, 2.05) is 23.5 Å². The van der Waals surface area contributed by atoms with Crippen LogP contribution in [0.1, 0.15) is 22.6 Å². The number of Topliss-reactive ketones (excluding diaryl/α,β-unsaturated/α-hetero) is 1. The fraction of sp³-hybridized carbons (Fsp3) is 0.118. The van der Waals surface area contributed by atoms with Gasteiger partial charge < -0.3 is 0 Å². The summed E-state index contributed by atoms with van der Waals surface area (Å²) in [5.41, 5.74) is 2.50. The Hall–Kier alpha value is -2.17. The topological polar surface area (TPSA) is 63.2 Å². The highest BCUT2D eigenvalue weighted by Gasteiger charge is 2.40. The highest BCUT2D eigenvalue weighted by Crippen LogP contribution is 2.25. The monoisotopic (exact) mass is 347 g/mol. The number of carbonyl (C=O) groups is 3. The van der Waals surface area contributed by atoms with Gasteiger partial charge in [-0.05, 0) is 35.2 Å². The molecule has 2 aromatic carbocycles. The second kappa shape index (κ2) is 6.14. The summed E-state index contributed by atoms with van der Waals surface area (Å²) in [4.78, 5) is 34.6. The number of carbonyl (C=O) groups excluding carboxylic acids is 3. The fourth-order valence-electron chi connectivity index (χ4n) is 2.51. The van der Waals surface area contributed by atoms with E-state index in [0.717, 1.165) is 11.1 Å². The van der Waals surface area contributed by atoms with E-state index < -0.39 is 23.5 Å². The quantitative estimate of drug-likeness (QED) is 0.527. The van der Waals surface area contributed by atoms with Crippen molar-refractivity contribution in [2.45, 2.75) is 12.3 Å². The number of hydrogen-bond donors (Lipinski definition) is 1. The lowest BCUT2D eigenvalue weighted by Crippen LogP contribution is -2.22. The number of nitrogens with one attached hydrogen (secondary N) is 1. The standard InChI is InChI=1S/C17H11Cl2NO3/c18-12-6-3-10(8-13(12)19)7-9-1-4-11(5-2-9)14-15(21)17(23)20-16(14)22/h1-6,8,14H,7H2,(H,20,22,23). The first kappa shape index (κ1) is 15.7. The number of rotatable bonds is 3. The average molecular weight is 348 g/mol. The molecule has 23 heavy (non-hydrogen) atoms. The minimum Gasteiger partial charge on any atom is -0.289 e. The Morgan fingerprint density at radius 1 is 0.870 bits per heavy atom. The van der Waals surface area contributed by atoms with Gasteiger partial charge in [-0.1, -0.05) is 53.5 Å². The van der Waals surface area contributed by atoms with Gasteiger partial charge in [0.25, 0.3) is 5.91 Å². The molecule has 1 unspecified atom stereocenters. The van der Waals surface area contributed by atoms with Crippen molar-refractivity contribution in [1.82, 2.24) is 5.32 Å². The second-order valence-corrected chi connectivity index (χ2v) is 6.10. The van der Waals surface area contributed by atoms with Gasteiger partial charge in [0.2, 0.25) is 11.7 Å². The summed E-state index contributed by atoms with van der Waals surface area (Å²) in [6, 6.07) is 12.4. The van der Waals surface area contributed by atoms with E-state index in [1.165, 1.54) is 0 Å². The summed E-state index contributed by atoms with van der Waals surface area (Å²) in [6.07, 6.45) is 0.640. The van der Waals surface area contributed by atoms with E-state index in [0.29, 0.717) is 22.0 Å². The first-order chi connectivity index (χ1) is 11.0. The first-order valence-corrected chi connectivity index (χ1v) is 7.63. The molecule has 6 heteroatoms. The van der Waals surface area contributed by atoms with Crippen LogP contribution in [0.15, 0.2) is 42.5 Å². The third-order valence-corrected chi connectivity index (χ3v) is 4.43. The van der Waals surface area contributed by atoms with Crippen LogP contribution in [0.4, 0.5) is 0 Å². The molecular formula is C17H11Cl2NO3. The SMILES string of the molecule is O=C1NC(=O)C(c2ccc(Cc3ccc(Cl)c(Cl)c3)cc2)C1=O. The Labute approximate surface area is 142 Å². The first-order valence-electron chi connectivity index (χ1n) is 6.87. The summed E-state index contributed by atoms with van der Waals surface area (Å²) < 4.78 is 0. The average Bonchev–Trinajstić information content (AvgIpc) is 2.77. The fourth-order valence-corrected chi connectivity index (χ4v) is 2.83. The molecule has 4 nitrogen and oxygen atoms in total. The largest absolute Gasteiger partial charge is 0.295 e. The molecule has 1 atom stereocenters. The molecule has 1 aliphatic rings. The number of ketones is 1. The molecule has 2 amide bonds. The molecule has 0 radical (unpaired) electrons. The van der Waals surface area contributed by atoms with Crippen LogP contribution in [0, 0.1) is 0 Å². The molecule has 3 rings (SSSR count). The van der Waals surface area contributed by atoms with Crippen LogP contribution < -0.4 is 5.32 Å². The lowest BCUT2D eigenvalue weighted by atomic mass is 9.94. The molecule has 0 saturated carbocycles. The predicted molar refractivity (Wildman–Crippen MR) is 86.6 cm³/mol. The maximum absolute atomic E-state index is 11.7. The van der Waals surface area contributed by atoms with Crippen molar-refractivity contribution in [3.8, 4) is 0 Å². The number of halogens is 2. The Morgan fingerprint density at radius 3 is 2.09 bits per heavy atom. The number of amides is 2. The van der Waals surface area contributed by atoms with E-state index in [4.69, 9.17) is 23.2 Å². The van der Waals surface area contributed by atoms with Crippen LogP contribution in [-0.4, -0.2) is 17.6 Å². The smallest absolute Gasteiger partial charge is 0.289 e. The number of imide groups is 1. The van der Waals surface area contributed by atoms with Gasteiger partial charge in [0, 0.05) is 0 Å². The summed E-state index contributed by atoms with van der Waals surface area (Å²) in [7, 11) is 0. The molecular weight excluding hydrogens is 337 g/mol. The molecule has 2 aromatic rings. The van der Waals surface area contributed by atoms with Gasteiger partial charge in [-0.3, -0.25) is 19.7 Å². The highest BCUT2D eigenvalue weighted by molar-refractivity contribution is 6.50. The van der Waals surface area contributed by atoms with E-state index in [-0.39, 0.29) is 0 Å². The molecule has 1 fully saturated rings. The molecule has 1 aliphatic heterocycles. The summed E-state index contributed by atoms with van der Waals surface area (Å²) in [6.45, 7) is 0. The van der Waals surface area contributed by atoms with Crippen LogP contribution in [0.5, 0.6) is 0 Å². The third kappa shape index (κ3) is 3.14. The van der Waals surface area contributed by atoms with Crippen molar-refractivity contribution >= 4 is 40.8 Å². The summed E-state index contributed by atoms with van der Waals surface area (Å²) in [5.74, 6) is -3.18. The van der Waals surface area contributed by atoms with E-state index in [9.17, 15) is 14.4 Å². The zero-order chi connectivity index (χ0) is 16.6. The Kier molecular flexibility index (Phi) is 4.20. The van der Waals surface area contributed by atoms with Gasteiger partial charge in [-0.25, -0.2) is 0 Å². The van der Waals surface area contributed by atoms with Crippen LogP contribution in [0.2, 0.25) is 10.0 Å². The van der Waals surface area contributed by atoms with Gasteiger partial charge in [-0.15, -0.1) is 0 Å². The highest BCUT2D eigenvalue weighted by atomic mass is 35.5. The molecule has 1 N–H and O–H groups in total. The van der Waals surface area contributed by atoms with Crippen molar-refractivity contribution in [2.75, 3.05) is 0 Å². The van der Waals surface area contributed by atoms with Crippen molar-refractivity contribution in [3.63, 3.8) is 0 Å². The van der Waals surface area contributed by atoms with E-state index in [1.54, 1.807) is 24.3 Å². The van der Waals surface area contributed by atoms with Gasteiger partial charge >= 0.3 is 0 Å². The molecule has 0 bridgehead atoms. The predicted octanol–water partition coefficient (Wildman–Crippen LogP) is 2.89. The number of benzene rings is 2. The summed E-state index contributed by atoms with van der Waals surface area (Å²) in [5, 5.41) is 3.02. The Morgan fingerprint density at radius 2 is 1.52 bits per heavy atom. The number of hydrogen-bond acceptors (Lipinski definition) is 3. The zero-order valence-electron chi connectivity index (χ0n) is 11.8. The van der Waals surface area contributed by atoms with Crippen molar-refractivity contribution in [2.24, 2.45) is 0 Å². The molecule has 0 aromatic heterocycles. The van der Waals surface area contributed by atoms with Crippen LogP contribution in [0.3, 0.4) is 0 Å². The van der Waals surface area contributed by atoms with Crippen molar-refractivity contribution in [3.05, 3.63) is 69.2 Å². The normalized spacial score (nSPS) is 17.5. The van der Waals surface area contributed by atoms with Gasteiger partial charge in [0.1, 0.15) is 5.92 Å². The van der Waals surface area contributed by atoms with Crippen LogP contribution >= 0.6 is 23.2 Å². The molecule has 116 valence electrons. The maximum Gasteiger partial charge on any atom is 0.295 e. The van der Waals surface area contributed by atoms with Crippen LogP contribution in [0.25, 0.3) is 0 Å². The summed E-state index contributed by atoms with van der Waals surface area (Å²) >= 11 is 11.9. The van der Waals surface area contributed by atoms with Gasteiger partial charge in [0.05, 0.1) is 10.0 Å². The maximum atomic E-state index is 11.7. The van der Waals surface area contributed by atoms with Crippen molar-refractivity contribution < 1.29 is 14.4 Å². The molecule has 0 aliphatic carbocycles. The lowest BCUT2D eigenvalue weighted by Gasteiger charge is -2.08. The third-order valence-electron chi connectivity index (χ3n) is 3.69. The minimum atomic E-state index is -1.04.